The van der Waals surface area contributed by atoms with Gasteiger partial charge in [0.15, 0.2) is 0 Å². The van der Waals surface area contributed by atoms with E-state index in [9.17, 15) is 9.18 Å². The van der Waals surface area contributed by atoms with Gasteiger partial charge in [-0.05, 0) is 57.7 Å². The summed E-state index contributed by atoms with van der Waals surface area (Å²) in [6, 6.07) is 6.86. The molecule has 6 heteroatoms. The van der Waals surface area contributed by atoms with Crippen molar-refractivity contribution >= 4 is 6.09 Å². The molecule has 2 atom stereocenters. The van der Waals surface area contributed by atoms with Crippen LogP contribution < -0.4 is 0 Å². The number of benzene rings is 1. The predicted molar refractivity (Wildman–Crippen MR) is 96.0 cm³/mol. The zero-order valence-electron chi connectivity index (χ0n) is 15.9. The van der Waals surface area contributed by atoms with E-state index in [1.807, 2.05) is 26.8 Å². The largest absolute Gasteiger partial charge is 0.444 e. The van der Waals surface area contributed by atoms with Crippen molar-refractivity contribution in [1.82, 2.24) is 4.90 Å². The third-order valence-corrected chi connectivity index (χ3v) is 4.38. The average molecular weight is 362 g/mol. The first kappa shape index (κ1) is 20.2. The van der Waals surface area contributed by atoms with E-state index in [2.05, 4.69) is 0 Å². The number of carbonyl (C=O) groups excluding carboxylic acids is 1. The van der Waals surface area contributed by atoms with E-state index >= 15 is 0 Å². The summed E-state index contributed by atoms with van der Waals surface area (Å²) in [5.74, 6) is -0.249. The van der Waals surface area contributed by atoms with Gasteiger partial charge in [0.2, 0.25) is 0 Å². The van der Waals surface area contributed by atoms with Crippen LogP contribution >= 0.6 is 0 Å². The van der Waals surface area contributed by atoms with Gasteiger partial charge >= 0.3 is 6.09 Å². The number of piperidine rings is 1. The van der Waals surface area contributed by atoms with E-state index in [-0.39, 0.29) is 30.5 Å². The van der Waals surface area contributed by atoms with E-state index in [0.29, 0.717) is 18.7 Å². The monoisotopic (exact) mass is 362 g/mol. The van der Waals surface area contributed by atoms with Gasteiger partial charge in [-0.15, -0.1) is 0 Å². The van der Waals surface area contributed by atoms with E-state index in [1.54, 1.807) is 24.0 Å². The molecule has 0 spiro atoms. The molecule has 1 aromatic rings. The van der Waals surface area contributed by atoms with Gasteiger partial charge in [0.25, 0.3) is 0 Å². The number of nitriles is 1. The molecule has 2 rings (SSSR count). The molecule has 1 fully saturated rings. The third kappa shape index (κ3) is 5.43. The predicted octanol–water partition coefficient (Wildman–Crippen LogP) is 4.36. The van der Waals surface area contributed by atoms with Crippen LogP contribution in [0.2, 0.25) is 0 Å². The summed E-state index contributed by atoms with van der Waals surface area (Å²) in [5.41, 5.74) is 0.817. The molecular formula is C20H27FN2O3. The maximum Gasteiger partial charge on any atom is 0.410 e. The van der Waals surface area contributed by atoms with Crippen LogP contribution in [0.25, 0.3) is 0 Å². The van der Waals surface area contributed by atoms with Crippen LogP contribution in [-0.2, 0) is 9.47 Å². The first-order chi connectivity index (χ1) is 12.2. The Morgan fingerprint density at radius 1 is 1.46 bits per heavy atom. The Hall–Kier alpha value is -2.13. The van der Waals surface area contributed by atoms with Gasteiger partial charge in [0.05, 0.1) is 12.2 Å². The highest BCUT2D eigenvalue weighted by atomic mass is 19.1. The summed E-state index contributed by atoms with van der Waals surface area (Å²) < 4.78 is 24.9. The molecule has 142 valence electrons. The Labute approximate surface area is 154 Å². The van der Waals surface area contributed by atoms with Crippen LogP contribution in [0.15, 0.2) is 18.2 Å². The van der Waals surface area contributed by atoms with Gasteiger partial charge in [0.1, 0.15) is 18.0 Å². The topological polar surface area (TPSA) is 62.6 Å². The summed E-state index contributed by atoms with van der Waals surface area (Å²) in [6.07, 6.45) is 0.998. The summed E-state index contributed by atoms with van der Waals surface area (Å²) in [5, 5.41) is 8.91. The SMILES string of the molecule is Cc1cc(C(OCC#N)C2CCCN(C(=O)OC(C)(C)C)C2)ccc1F. The summed E-state index contributed by atoms with van der Waals surface area (Å²) in [4.78, 5) is 14.1. The molecule has 1 aliphatic rings. The zero-order valence-corrected chi connectivity index (χ0v) is 15.9. The second-order valence-corrected chi connectivity index (χ2v) is 7.73. The van der Waals surface area contributed by atoms with E-state index in [1.165, 1.54) is 6.07 Å². The van der Waals surface area contributed by atoms with Gasteiger partial charge in [-0.3, -0.25) is 0 Å². The summed E-state index contributed by atoms with van der Waals surface area (Å²) >= 11 is 0. The van der Waals surface area contributed by atoms with E-state index < -0.39 is 5.60 Å². The molecule has 0 bridgehead atoms. The maximum absolute atomic E-state index is 13.6. The molecule has 1 aromatic carbocycles. The van der Waals surface area contributed by atoms with Gasteiger partial charge in [-0.2, -0.15) is 5.26 Å². The Kier molecular flexibility index (Phi) is 6.60. The second-order valence-electron chi connectivity index (χ2n) is 7.73. The molecule has 0 saturated carbocycles. The number of ether oxygens (including phenoxy) is 2. The molecule has 0 radical (unpaired) electrons. The average Bonchev–Trinajstić information content (AvgIpc) is 2.57. The molecule has 1 aliphatic heterocycles. The first-order valence-electron chi connectivity index (χ1n) is 8.94. The van der Waals surface area contributed by atoms with Crippen molar-refractivity contribution in [2.45, 2.75) is 52.2 Å². The van der Waals surface area contributed by atoms with Gasteiger partial charge in [-0.25, -0.2) is 9.18 Å². The Balaban J connectivity index is 2.17. The van der Waals surface area contributed by atoms with Crippen LogP contribution in [0.4, 0.5) is 9.18 Å². The fourth-order valence-corrected chi connectivity index (χ4v) is 3.23. The normalized spacial score (nSPS) is 18.9. The lowest BCUT2D eigenvalue weighted by molar-refractivity contribution is -0.0166. The number of hydrogen-bond acceptors (Lipinski definition) is 4. The minimum Gasteiger partial charge on any atom is -0.444 e. The highest BCUT2D eigenvalue weighted by molar-refractivity contribution is 5.68. The van der Waals surface area contributed by atoms with Crippen LogP contribution in [0.3, 0.4) is 0 Å². The van der Waals surface area contributed by atoms with Crippen LogP contribution in [0, 0.1) is 30.0 Å². The van der Waals surface area contributed by atoms with Crippen molar-refractivity contribution in [3.05, 3.63) is 35.1 Å². The van der Waals surface area contributed by atoms with Crippen molar-refractivity contribution in [3.8, 4) is 6.07 Å². The highest BCUT2D eigenvalue weighted by Crippen LogP contribution is 2.34. The fraction of sp³-hybridized carbons (Fsp3) is 0.600. The molecule has 0 N–H and O–H groups in total. The number of aryl methyl sites for hydroxylation is 1. The van der Waals surface area contributed by atoms with E-state index in [4.69, 9.17) is 14.7 Å². The van der Waals surface area contributed by atoms with E-state index in [0.717, 1.165) is 18.4 Å². The second kappa shape index (κ2) is 8.50. The molecule has 0 aliphatic carbocycles. The molecule has 0 aromatic heterocycles. The molecule has 5 nitrogen and oxygen atoms in total. The lowest BCUT2D eigenvalue weighted by atomic mass is 9.88. The van der Waals surface area contributed by atoms with Crippen molar-refractivity contribution in [2.24, 2.45) is 5.92 Å². The van der Waals surface area contributed by atoms with Crippen molar-refractivity contribution in [1.29, 1.82) is 5.26 Å². The number of nitrogens with zero attached hydrogens (tertiary/aromatic N) is 2. The molecule has 1 heterocycles. The Morgan fingerprint density at radius 3 is 2.81 bits per heavy atom. The number of rotatable bonds is 4. The third-order valence-electron chi connectivity index (χ3n) is 4.38. The quantitative estimate of drug-likeness (QED) is 0.798. The minimum absolute atomic E-state index is 0.0227. The number of likely N-dealkylation sites (tertiary alicyclic amines) is 1. The summed E-state index contributed by atoms with van der Waals surface area (Å²) in [6.45, 7) is 8.30. The number of amides is 1. The Bertz CT molecular complexity index is 679. The molecule has 2 unspecified atom stereocenters. The first-order valence-corrected chi connectivity index (χ1v) is 8.94. The van der Waals surface area contributed by atoms with Gasteiger partial charge in [0, 0.05) is 19.0 Å². The molecule has 1 saturated heterocycles. The lowest BCUT2D eigenvalue weighted by Crippen LogP contribution is -2.44. The van der Waals surface area contributed by atoms with Crippen LogP contribution in [0.5, 0.6) is 0 Å². The highest BCUT2D eigenvalue weighted by Gasteiger charge is 2.33. The lowest BCUT2D eigenvalue weighted by Gasteiger charge is -2.37. The maximum atomic E-state index is 13.6. The van der Waals surface area contributed by atoms with Crippen molar-refractivity contribution in [3.63, 3.8) is 0 Å². The zero-order chi connectivity index (χ0) is 19.3. The van der Waals surface area contributed by atoms with Crippen LogP contribution in [-0.4, -0.2) is 36.3 Å². The Morgan fingerprint density at radius 2 is 2.19 bits per heavy atom. The van der Waals surface area contributed by atoms with Gasteiger partial charge < -0.3 is 14.4 Å². The van der Waals surface area contributed by atoms with Crippen LogP contribution in [0.1, 0.15) is 50.8 Å². The van der Waals surface area contributed by atoms with Crippen molar-refractivity contribution in [2.75, 3.05) is 19.7 Å². The smallest absolute Gasteiger partial charge is 0.410 e. The summed E-state index contributed by atoms with van der Waals surface area (Å²) in [7, 11) is 0. The molecular weight excluding hydrogens is 335 g/mol. The number of hydrogen-bond donors (Lipinski definition) is 0. The standard InChI is InChI=1S/C20H27FN2O3/c1-14-12-15(7-8-17(14)21)18(25-11-9-22)16-6-5-10-23(13-16)19(24)26-20(2,3)4/h7-8,12,16,18H,5-6,10-11,13H2,1-4H3. The molecule has 1 amide bonds. The van der Waals surface area contributed by atoms with Gasteiger partial charge in [-0.1, -0.05) is 12.1 Å². The van der Waals surface area contributed by atoms with Crippen molar-refractivity contribution < 1.29 is 18.7 Å². The number of halogens is 1. The number of carbonyl (C=O) groups is 1. The minimum atomic E-state index is -0.547. The fourth-order valence-electron chi connectivity index (χ4n) is 3.23. The molecule has 26 heavy (non-hydrogen) atoms.